The topological polar surface area (TPSA) is 65.3 Å². The van der Waals surface area contributed by atoms with Gasteiger partial charge in [0.25, 0.3) is 0 Å². The maximum atomic E-state index is 7.22. The average Bonchev–Trinajstić information content (AvgIpc) is 3.59. The van der Waals surface area contributed by atoms with Gasteiger partial charge in [-0.1, -0.05) is 0 Å². The first-order valence-corrected chi connectivity index (χ1v) is 19.6. The molecule has 9 heteroatoms. The Bertz CT molecular complexity index is 636. The zero-order chi connectivity index (χ0) is 20.3. The summed E-state index contributed by atoms with van der Waals surface area (Å²) in [5, 5.41) is 0. The molecule has 0 N–H and O–H groups in total. The highest BCUT2D eigenvalue weighted by molar-refractivity contribution is 6.95. The molecule has 7 aliphatic rings. The maximum absolute atomic E-state index is 7.22. The zero-order valence-corrected chi connectivity index (χ0v) is 21.5. The first kappa shape index (κ1) is 19.8. The molecule has 3 aliphatic carbocycles. The molecule has 168 valence electrons. The molecule has 0 aromatic heterocycles. The summed E-state index contributed by atoms with van der Waals surface area (Å²) in [6.45, 7) is 7.16. The van der Waals surface area contributed by atoms with Crippen LogP contribution >= 0.6 is 0 Å². The van der Waals surface area contributed by atoms with Crippen LogP contribution in [0.3, 0.4) is 0 Å². The first-order chi connectivity index (χ1) is 14.3. The van der Waals surface area contributed by atoms with Crippen molar-refractivity contribution in [2.75, 3.05) is 0 Å². The zero-order valence-electron chi connectivity index (χ0n) is 18.5. The van der Waals surface area contributed by atoms with Crippen LogP contribution in [-0.2, 0) is 26.6 Å². The molecule has 0 amide bonds. The van der Waals surface area contributed by atoms with Gasteiger partial charge in [-0.25, -0.2) is 0 Å². The van der Waals surface area contributed by atoms with Crippen LogP contribution in [-0.4, -0.2) is 62.3 Å². The molecule has 0 aromatic carbocycles. The summed E-state index contributed by atoms with van der Waals surface area (Å²) in [4.78, 5) is 0. The van der Waals surface area contributed by atoms with Crippen molar-refractivity contribution >= 4 is 25.7 Å². The third-order valence-corrected chi connectivity index (χ3v) is 25.2. The van der Waals surface area contributed by atoms with Crippen LogP contribution < -0.4 is 0 Å². The Morgan fingerprint density at radius 1 is 0.433 bits per heavy atom. The molecule has 0 radical (unpaired) electrons. The van der Waals surface area contributed by atoms with E-state index < -0.39 is 25.7 Å². The highest BCUT2D eigenvalue weighted by atomic mass is 28.5. The normalized spacial score (nSPS) is 63.9. The second-order valence-electron chi connectivity index (χ2n) is 11.5. The Hall–Kier alpha value is 0.411. The number of fused-ring (bicyclic) bond motifs is 3. The summed E-state index contributed by atoms with van der Waals surface area (Å²) < 4.78 is 39.3. The lowest BCUT2D eigenvalue weighted by Crippen LogP contribution is -2.71. The fourth-order valence-corrected chi connectivity index (χ4v) is 26.7. The predicted octanol–water partition coefficient (Wildman–Crippen LogP) is 4.23. The molecule has 9 unspecified atom stereocenters. The third-order valence-electron chi connectivity index (χ3n) is 9.45. The van der Waals surface area contributed by atoms with Crippen molar-refractivity contribution in [3.63, 3.8) is 0 Å². The number of rotatable bonds is 3. The van der Waals surface area contributed by atoms with E-state index in [0.29, 0.717) is 53.2 Å². The lowest BCUT2D eigenvalue weighted by molar-refractivity contribution is 0.183. The van der Waals surface area contributed by atoms with Gasteiger partial charge in [-0.05, 0) is 77.4 Å². The van der Waals surface area contributed by atoms with E-state index in [9.17, 15) is 0 Å². The van der Waals surface area contributed by atoms with Crippen molar-refractivity contribution < 1.29 is 26.6 Å². The molecule has 0 aromatic rings. The summed E-state index contributed by atoms with van der Waals surface area (Å²) in [6.07, 6.45) is 13.6. The highest BCUT2D eigenvalue weighted by Crippen LogP contribution is 2.57. The van der Waals surface area contributed by atoms with Gasteiger partial charge in [0.15, 0.2) is 0 Å². The fourth-order valence-electron chi connectivity index (χ4n) is 7.41. The molecular weight excluding hydrogens is 432 g/mol. The van der Waals surface area contributed by atoms with Crippen molar-refractivity contribution in [1.82, 2.24) is 0 Å². The van der Waals surface area contributed by atoms with Gasteiger partial charge in [-0.2, -0.15) is 0 Å². The van der Waals surface area contributed by atoms with Gasteiger partial charge in [0.1, 0.15) is 0 Å². The minimum Gasteiger partial charge on any atom is -0.415 e. The molecule has 0 spiro atoms. The van der Waals surface area contributed by atoms with Gasteiger partial charge in [0, 0.05) is 16.6 Å². The van der Waals surface area contributed by atoms with Crippen LogP contribution in [0.25, 0.3) is 0 Å². The predicted molar refractivity (Wildman–Crippen MR) is 117 cm³/mol. The Balaban J connectivity index is 1.20. The quantitative estimate of drug-likeness (QED) is 0.456. The van der Waals surface area contributed by atoms with E-state index in [2.05, 4.69) is 19.6 Å². The first-order valence-electron chi connectivity index (χ1n) is 12.4. The van der Waals surface area contributed by atoms with E-state index >= 15 is 0 Å². The third kappa shape index (κ3) is 3.22. The molecule has 0 bridgehead atoms. The van der Waals surface area contributed by atoms with Gasteiger partial charge in [0.05, 0.1) is 36.6 Å². The molecule has 6 nitrogen and oxygen atoms in total. The number of epoxide rings is 3. The van der Waals surface area contributed by atoms with E-state index in [1.807, 2.05) is 0 Å². The summed E-state index contributed by atoms with van der Waals surface area (Å²) >= 11 is 0. The van der Waals surface area contributed by atoms with Gasteiger partial charge in [0.2, 0.25) is 0 Å². The van der Waals surface area contributed by atoms with Crippen molar-refractivity contribution in [3.05, 3.63) is 0 Å². The molecule has 4 saturated heterocycles. The van der Waals surface area contributed by atoms with Crippen molar-refractivity contribution in [1.29, 1.82) is 0 Å². The number of ether oxygens (including phenoxy) is 3. The van der Waals surface area contributed by atoms with Crippen LogP contribution in [0, 0.1) is 0 Å². The average molecular weight is 469 g/mol. The molecule has 4 aliphatic heterocycles. The molecule has 30 heavy (non-hydrogen) atoms. The fraction of sp³-hybridized carbons (Fsp3) is 1.00. The largest absolute Gasteiger partial charge is 0.415 e. The number of hydrogen-bond donors (Lipinski definition) is 0. The van der Waals surface area contributed by atoms with Gasteiger partial charge < -0.3 is 26.6 Å². The summed E-state index contributed by atoms with van der Waals surface area (Å²) in [5.74, 6) is 0. The molecule has 7 rings (SSSR count). The van der Waals surface area contributed by atoms with Gasteiger partial charge in [-0.3, -0.25) is 0 Å². The second-order valence-corrected chi connectivity index (χ2v) is 22.5. The van der Waals surface area contributed by atoms with E-state index in [1.165, 1.54) is 38.5 Å². The van der Waals surface area contributed by atoms with Gasteiger partial charge in [-0.15, -0.1) is 0 Å². The Morgan fingerprint density at radius 3 is 1.00 bits per heavy atom. The Labute approximate surface area is 183 Å². The summed E-state index contributed by atoms with van der Waals surface area (Å²) in [6, 6.07) is 0. The smallest absolute Gasteiger partial charge is 0.320 e. The lowest BCUT2D eigenvalue weighted by atomic mass is 10.0. The second kappa shape index (κ2) is 6.50. The van der Waals surface area contributed by atoms with Crippen LogP contribution in [0.5, 0.6) is 0 Å². The van der Waals surface area contributed by atoms with Crippen LogP contribution in [0.2, 0.25) is 36.3 Å². The molecule has 9 atom stereocenters. The Morgan fingerprint density at radius 2 is 0.733 bits per heavy atom. The van der Waals surface area contributed by atoms with Crippen LogP contribution in [0.4, 0.5) is 0 Å². The monoisotopic (exact) mass is 468 g/mol. The SMILES string of the molecule is C[Si]1(C2CCC3OC3C2)O[Si](C)(C2CCC3OC3C2)O[Si](C)(C2CCC3OC3C2)O1. The molecule has 3 saturated carbocycles. The highest BCUT2D eigenvalue weighted by Gasteiger charge is 2.67. The van der Waals surface area contributed by atoms with Crippen molar-refractivity contribution in [2.45, 2.75) is 131 Å². The van der Waals surface area contributed by atoms with E-state index in [-0.39, 0.29) is 0 Å². The van der Waals surface area contributed by atoms with Gasteiger partial charge >= 0.3 is 25.7 Å². The standard InChI is InChI=1S/C21H36O6Si3/c1-28(13-4-7-16-19(10-13)22-16)25-29(2,14-5-8-17-20(11-14)23-17)27-30(3,26-28)15-6-9-18-21(12-15)24-18/h13-21H,4-12H2,1-3H3. The number of hydrogen-bond acceptors (Lipinski definition) is 6. The molecular formula is C21H36O6Si3. The molecule has 7 fully saturated rings. The lowest BCUT2D eigenvalue weighted by Gasteiger charge is -2.57. The summed E-state index contributed by atoms with van der Waals surface area (Å²) in [5.41, 5.74) is 1.64. The van der Waals surface area contributed by atoms with Crippen molar-refractivity contribution in [2.24, 2.45) is 0 Å². The minimum absolute atomic E-state index is 0.467. The van der Waals surface area contributed by atoms with E-state index in [0.717, 1.165) is 19.3 Å². The Kier molecular flexibility index (Phi) is 4.30. The van der Waals surface area contributed by atoms with Crippen molar-refractivity contribution in [3.8, 4) is 0 Å². The minimum atomic E-state index is -2.37. The maximum Gasteiger partial charge on any atom is 0.320 e. The summed E-state index contributed by atoms with van der Waals surface area (Å²) in [7, 11) is -7.11. The van der Waals surface area contributed by atoms with Crippen LogP contribution in [0.1, 0.15) is 57.8 Å². The molecule has 4 heterocycles. The van der Waals surface area contributed by atoms with E-state index in [1.54, 1.807) is 0 Å². The van der Waals surface area contributed by atoms with E-state index in [4.69, 9.17) is 26.6 Å². The van der Waals surface area contributed by atoms with Crippen LogP contribution in [0.15, 0.2) is 0 Å².